The number of hydrogen-bond acceptors (Lipinski definition) is 6. The SMILES string of the molecule is Cc1csc(C2(O)CCC(N3CC[C@@H](NC(=O)CNC(=O)c4cccc(C(F)(F)F)c4)C3)CC2)n1. The van der Waals surface area contributed by atoms with E-state index < -0.39 is 23.2 Å². The Labute approximate surface area is 205 Å². The molecule has 7 nitrogen and oxygen atoms in total. The van der Waals surface area contributed by atoms with Crippen molar-refractivity contribution in [3.05, 3.63) is 51.5 Å². The zero-order chi connectivity index (χ0) is 25.2. The Kier molecular flexibility index (Phi) is 7.48. The van der Waals surface area contributed by atoms with Crippen LogP contribution in [0.25, 0.3) is 0 Å². The maximum atomic E-state index is 12.8. The van der Waals surface area contributed by atoms with Crippen molar-refractivity contribution in [2.45, 2.75) is 62.9 Å². The Hall–Kier alpha value is -2.50. The van der Waals surface area contributed by atoms with Crippen molar-refractivity contribution in [2.24, 2.45) is 0 Å². The van der Waals surface area contributed by atoms with Gasteiger partial charge in [0.15, 0.2) is 0 Å². The first kappa shape index (κ1) is 25.6. The summed E-state index contributed by atoms with van der Waals surface area (Å²) in [6.07, 6.45) is -0.760. The van der Waals surface area contributed by atoms with Gasteiger partial charge in [-0.3, -0.25) is 14.5 Å². The summed E-state index contributed by atoms with van der Waals surface area (Å²) < 4.78 is 38.5. The number of likely N-dealkylation sites (tertiary alicyclic amines) is 1. The summed E-state index contributed by atoms with van der Waals surface area (Å²) in [5, 5.41) is 19.0. The van der Waals surface area contributed by atoms with Gasteiger partial charge in [0.25, 0.3) is 5.91 Å². The van der Waals surface area contributed by atoms with Crippen LogP contribution in [0.3, 0.4) is 0 Å². The molecule has 0 bridgehead atoms. The van der Waals surface area contributed by atoms with E-state index in [1.807, 2.05) is 12.3 Å². The van der Waals surface area contributed by atoms with Crippen molar-refractivity contribution in [1.29, 1.82) is 0 Å². The number of nitrogens with one attached hydrogen (secondary N) is 2. The summed E-state index contributed by atoms with van der Waals surface area (Å²) in [7, 11) is 0. The van der Waals surface area contributed by atoms with Crippen LogP contribution in [-0.2, 0) is 16.6 Å². The van der Waals surface area contributed by atoms with Gasteiger partial charge < -0.3 is 15.7 Å². The highest BCUT2D eigenvalue weighted by molar-refractivity contribution is 7.09. The van der Waals surface area contributed by atoms with Crippen LogP contribution >= 0.6 is 11.3 Å². The molecule has 1 saturated carbocycles. The highest BCUT2D eigenvalue weighted by Crippen LogP contribution is 2.40. The molecule has 2 aromatic rings. The molecule has 1 saturated heterocycles. The van der Waals surface area contributed by atoms with Crippen LogP contribution in [0.4, 0.5) is 13.2 Å². The number of aliphatic hydroxyl groups is 1. The molecule has 0 unspecified atom stereocenters. The van der Waals surface area contributed by atoms with Gasteiger partial charge in [0.2, 0.25) is 5.91 Å². The lowest BCUT2D eigenvalue weighted by Gasteiger charge is -2.38. The Balaban J connectivity index is 1.21. The minimum absolute atomic E-state index is 0.0598. The first-order chi connectivity index (χ1) is 16.5. The normalized spacial score (nSPS) is 25.4. The largest absolute Gasteiger partial charge is 0.416 e. The molecule has 35 heavy (non-hydrogen) atoms. The smallest absolute Gasteiger partial charge is 0.383 e. The van der Waals surface area contributed by atoms with Gasteiger partial charge in [-0.25, -0.2) is 4.98 Å². The highest BCUT2D eigenvalue weighted by Gasteiger charge is 2.40. The van der Waals surface area contributed by atoms with E-state index in [0.717, 1.165) is 54.7 Å². The van der Waals surface area contributed by atoms with Crippen LogP contribution < -0.4 is 10.6 Å². The fourth-order valence-electron chi connectivity index (χ4n) is 4.84. The molecule has 2 aliphatic rings. The number of halogens is 3. The molecule has 2 amide bonds. The van der Waals surface area contributed by atoms with Crippen molar-refractivity contribution in [3.8, 4) is 0 Å². The number of aromatic nitrogens is 1. The standard InChI is InChI=1S/C24H29F3N4O3S/c1-15-14-35-22(29-15)23(34)8-5-19(6-9-23)31-10-7-18(13-31)30-20(32)12-28-21(33)16-3-2-4-17(11-16)24(25,26)27/h2-4,11,14,18-19,34H,5-10,12-13H2,1H3,(H,28,33)(H,30,32)/t18-,19?,23?/m1/s1. The van der Waals surface area contributed by atoms with E-state index in [-0.39, 0.29) is 24.1 Å². The van der Waals surface area contributed by atoms with E-state index in [2.05, 4.69) is 20.5 Å². The second kappa shape index (κ2) is 10.2. The highest BCUT2D eigenvalue weighted by atomic mass is 32.1. The monoisotopic (exact) mass is 510 g/mol. The van der Waals surface area contributed by atoms with E-state index in [0.29, 0.717) is 25.4 Å². The molecule has 3 N–H and O–H groups in total. The third-order valence-electron chi connectivity index (χ3n) is 6.76. The van der Waals surface area contributed by atoms with E-state index in [4.69, 9.17) is 0 Å². The number of hydrogen-bond donors (Lipinski definition) is 3. The Bertz CT molecular complexity index is 1070. The lowest BCUT2D eigenvalue weighted by molar-refractivity contribution is -0.137. The number of nitrogens with zero attached hydrogens (tertiary/aromatic N) is 2. The molecule has 0 spiro atoms. The van der Waals surface area contributed by atoms with Crippen molar-refractivity contribution >= 4 is 23.2 Å². The van der Waals surface area contributed by atoms with Crippen molar-refractivity contribution in [2.75, 3.05) is 19.6 Å². The molecule has 1 atom stereocenters. The molecular weight excluding hydrogens is 481 g/mol. The van der Waals surface area contributed by atoms with Gasteiger partial charge in [0, 0.05) is 41.8 Å². The molecule has 2 heterocycles. The number of carbonyl (C=O) groups is 2. The molecular formula is C24H29F3N4O3S. The third kappa shape index (κ3) is 6.20. The molecule has 1 aromatic carbocycles. The zero-order valence-electron chi connectivity index (χ0n) is 19.4. The minimum Gasteiger partial charge on any atom is -0.383 e. The predicted octanol–water partition coefficient (Wildman–Crippen LogP) is 3.22. The quantitative estimate of drug-likeness (QED) is 0.555. The van der Waals surface area contributed by atoms with E-state index in [1.54, 1.807) is 0 Å². The summed E-state index contributed by atoms with van der Waals surface area (Å²) in [4.78, 5) is 31.3. The number of aryl methyl sites for hydroxylation is 1. The van der Waals surface area contributed by atoms with Gasteiger partial charge in [-0.1, -0.05) is 6.07 Å². The number of benzene rings is 1. The molecule has 2 fully saturated rings. The lowest BCUT2D eigenvalue weighted by atomic mass is 9.82. The van der Waals surface area contributed by atoms with Crippen LogP contribution in [0.15, 0.2) is 29.6 Å². The maximum Gasteiger partial charge on any atom is 0.416 e. The van der Waals surface area contributed by atoms with Crippen molar-refractivity contribution < 1.29 is 27.9 Å². The molecule has 1 aliphatic carbocycles. The lowest BCUT2D eigenvalue weighted by Crippen LogP contribution is -2.45. The fraction of sp³-hybridized carbons (Fsp3) is 0.542. The fourth-order valence-corrected chi connectivity index (χ4v) is 5.80. The number of rotatable bonds is 6. The molecule has 0 radical (unpaired) electrons. The van der Waals surface area contributed by atoms with Gasteiger partial charge in [-0.05, 0) is 57.2 Å². The minimum atomic E-state index is -4.54. The van der Waals surface area contributed by atoms with Crippen LogP contribution in [0.2, 0.25) is 0 Å². The number of alkyl halides is 3. The van der Waals surface area contributed by atoms with Gasteiger partial charge in [-0.2, -0.15) is 13.2 Å². The predicted molar refractivity (Wildman–Crippen MR) is 125 cm³/mol. The van der Waals surface area contributed by atoms with Gasteiger partial charge in [0.1, 0.15) is 10.6 Å². The van der Waals surface area contributed by atoms with Gasteiger partial charge in [-0.15, -0.1) is 11.3 Å². The number of amides is 2. The summed E-state index contributed by atoms with van der Waals surface area (Å²) in [5.41, 5.74) is -1.00. The van der Waals surface area contributed by atoms with E-state index in [1.165, 1.54) is 17.4 Å². The summed E-state index contributed by atoms with van der Waals surface area (Å²) in [6, 6.07) is 4.37. The Morgan fingerprint density at radius 1 is 1.26 bits per heavy atom. The van der Waals surface area contributed by atoms with Crippen LogP contribution in [-0.4, -0.2) is 58.5 Å². The maximum absolute atomic E-state index is 12.8. The second-order valence-electron chi connectivity index (χ2n) is 9.37. The van der Waals surface area contributed by atoms with Crippen LogP contribution in [0, 0.1) is 6.92 Å². The van der Waals surface area contributed by atoms with Crippen LogP contribution in [0.5, 0.6) is 0 Å². The molecule has 1 aliphatic heterocycles. The molecule has 4 rings (SSSR count). The first-order valence-corrected chi connectivity index (χ1v) is 12.6. The van der Waals surface area contributed by atoms with Crippen molar-refractivity contribution in [1.82, 2.24) is 20.5 Å². The second-order valence-corrected chi connectivity index (χ2v) is 10.2. The Morgan fingerprint density at radius 3 is 2.66 bits per heavy atom. The number of carbonyl (C=O) groups excluding carboxylic acids is 2. The third-order valence-corrected chi connectivity index (χ3v) is 7.92. The van der Waals surface area contributed by atoms with Gasteiger partial charge >= 0.3 is 6.18 Å². The average molecular weight is 511 g/mol. The summed E-state index contributed by atoms with van der Waals surface area (Å²) in [5.74, 6) is -1.11. The average Bonchev–Trinajstić information content (AvgIpc) is 3.47. The van der Waals surface area contributed by atoms with E-state index >= 15 is 0 Å². The van der Waals surface area contributed by atoms with E-state index in [9.17, 15) is 27.9 Å². The zero-order valence-corrected chi connectivity index (χ0v) is 20.2. The summed E-state index contributed by atoms with van der Waals surface area (Å²) in [6.45, 7) is 3.13. The summed E-state index contributed by atoms with van der Waals surface area (Å²) >= 11 is 1.50. The molecule has 190 valence electrons. The van der Waals surface area contributed by atoms with Crippen LogP contribution in [0.1, 0.15) is 58.7 Å². The first-order valence-electron chi connectivity index (χ1n) is 11.7. The Morgan fingerprint density at radius 2 is 2.00 bits per heavy atom. The topological polar surface area (TPSA) is 94.6 Å². The van der Waals surface area contributed by atoms with Gasteiger partial charge in [0.05, 0.1) is 12.1 Å². The van der Waals surface area contributed by atoms with Crippen molar-refractivity contribution in [3.63, 3.8) is 0 Å². The number of thiazole rings is 1. The molecule has 11 heteroatoms. The molecule has 1 aromatic heterocycles.